The number of hydrogen-bond donors (Lipinski definition) is 3. The third-order valence-corrected chi connectivity index (χ3v) is 13.5. The number of hydrogen-bond acceptors (Lipinski definition) is 5. The van der Waals surface area contributed by atoms with Crippen molar-refractivity contribution in [1.29, 1.82) is 0 Å². The van der Waals surface area contributed by atoms with E-state index in [1.165, 1.54) is 42.5 Å². The molecule has 3 N–H and O–H groups in total. The van der Waals surface area contributed by atoms with E-state index in [1.54, 1.807) is 38.1 Å². The Morgan fingerprint density at radius 3 is 1.77 bits per heavy atom. The molecule has 5 aromatic carbocycles. The number of carbonyl (C=O) groups is 3. The molecule has 0 aliphatic heterocycles. The van der Waals surface area contributed by atoms with Gasteiger partial charge in [-0.05, 0) is 134 Å². The minimum absolute atomic E-state index is 0.00492. The van der Waals surface area contributed by atoms with Gasteiger partial charge >= 0.3 is 17.9 Å². The molecule has 7 atom stereocenters. The molecule has 0 radical (unpaired) electrons. The van der Waals surface area contributed by atoms with Crippen LogP contribution in [0.3, 0.4) is 0 Å². The summed E-state index contributed by atoms with van der Waals surface area (Å²) >= 11 is 0. The highest BCUT2D eigenvalue weighted by atomic mass is 19.1. The lowest BCUT2D eigenvalue weighted by atomic mass is 9.55. The molecule has 0 bridgehead atoms. The Morgan fingerprint density at radius 1 is 0.726 bits per heavy atom. The van der Waals surface area contributed by atoms with Crippen LogP contribution in [0.15, 0.2) is 115 Å². The first-order chi connectivity index (χ1) is 29.7. The van der Waals surface area contributed by atoms with E-state index < -0.39 is 35.4 Å². The average Bonchev–Trinajstić information content (AvgIpc) is 3.61. The van der Waals surface area contributed by atoms with Crippen LogP contribution in [0, 0.1) is 28.9 Å². The van der Waals surface area contributed by atoms with E-state index in [-0.39, 0.29) is 17.5 Å². The Labute approximate surface area is 363 Å². The zero-order chi connectivity index (χ0) is 44.6. The Hall–Kier alpha value is -5.83. The lowest BCUT2D eigenvalue weighted by Crippen LogP contribution is -2.45. The SMILES string of the molecule is CC(C(=O)O)c1ccc(-c2ccccc2)c(F)c1.CC(C(=O)O)c1ccc(-c2ccccc2)c(F)c1.CCCCC(=O)O[C@H]1CC[C@H]2[C@@H]3CCc4cc(O)ccc4[C@H]3CC[C@]12C. The molecule has 0 heterocycles. The number of phenolic OH excluding ortho intramolecular Hbond substituents is 1. The molecule has 0 spiro atoms. The third-order valence-electron chi connectivity index (χ3n) is 13.5. The van der Waals surface area contributed by atoms with E-state index in [1.807, 2.05) is 72.8 Å². The van der Waals surface area contributed by atoms with Crippen LogP contribution in [-0.4, -0.2) is 39.3 Å². The highest BCUT2D eigenvalue weighted by Crippen LogP contribution is 2.61. The summed E-state index contributed by atoms with van der Waals surface area (Å²) < 4.78 is 33.9. The van der Waals surface area contributed by atoms with Crippen molar-refractivity contribution in [3.05, 3.63) is 149 Å². The quantitative estimate of drug-likeness (QED) is 0.120. The number of fused-ring (bicyclic) bond motifs is 5. The molecule has 5 aromatic rings. The summed E-state index contributed by atoms with van der Waals surface area (Å²) in [4.78, 5) is 33.9. The number of ether oxygens (including phenoxy) is 1. The van der Waals surface area contributed by atoms with Crippen LogP contribution >= 0.6 is 0 Å². The lowest BCUT2D eigenvalue weighted by Gasteiger charge is -2.50. The zero-order valence-electron chi connectivity index (χ0n) is 36.0. The fourth-order valence-corrected chi connectivity index (χ4v) is 9.84. The van der Waals surface area contributed by atoms with E-state index in [0.29, 0.717) is 52.2 Å². The second kappa shape index (κ2) is 20.4. The van der Waals surface area contributed by atoms with Crippen molar-refractivity contribution in [3.8, 4) is 28.0 Å². The first-order valence-electron chi connectivity index (χ1n) is 21.9. The van der Waals surface area contributed by atoms with Gasteiger partial charge in [-0.2, -0.15) is 0 Å². The van der Waals surface area contributed by atoms with E-state index in [4.69, 9.17) is 14.9 Å². The van der Waals surface area contributed by atoms with Crippen LogP contribution in [0.1, 0.15) is 119 Å². The Morgan fingerprint density at radius 2 is 1.27 bits per heavy atom. The molecule has 7 nitrogen and oxygen atoms in total. The average molecular weight is 845 g/mol. The van der Waals surface area contributed by atoms with Crippen molar-refractivity contribution in [1.82, 2.24) is 0 Å². The maximum atomic E-state index is 14.0. The zero-order valence-corrected chi connectivity index (χ0v) is 36.0. The number of esters is 1. The van der Waals surface area contributed by atoms with Crippen LogP contribution in [0.5, 0.6) is 5.75 Å². The largest absolute Gasteiger partial charge is 0.508 e. The fourth-order valence-electron chi connectivity index (χ4n) is 9.84. The number of phenols is 1. The third kappa shape index (κ3) is 10.4. The molecule has 3 aliphatic carbocycles. The number of aliphatic carboxylic acids is 2. The first kappa shape index (κ1) is 45.7. The van der Waals surface area contributed by atoms with Crippen molar-refractivity contribution in [2.45, 2.75) is 109 Å². The van der Waals surface area contributed by atoms with Crippen LogP contribution in [0.2, 0.25) is 0 Å². The molecule has 2 fully saturated rings. The number of carboxylic acids is 2. The van der Waals surface area contributed by atoms with Crippen LogP contribution in [0.4, 0.5) is 8.78 Å². The van der Waals surface area contributed by atoms with Gasteiger partial charge in [0.15, 0.2) is 0 Å². The van der Waals surface area contributed by atoms with E-state index >= 15 is 0 Å². The van der Waals surface area contributed by atoms with Crippen molar-refractivity contribution in [2.24, 2.45) is 17.3 Å². The monoisotopic (exact) mass is 844 g/mol. The maximum Gasteiger partial charge on any atom is 0.310 e. The molecule has 8 rings (SSSR count). The number of carboxylic acid groups (broad SMARTS) is 2. The number of rotatable bonds is 10. The summed E-state index contributed by atoms with van der Waals surface area (Å²) in [6.07, 6.45) is 9.47. The number of unbranched alkanes of at least 4 members (excludes halogenated alkanes) is 1. The molecule has 2 saturated carbocycles. The van der Waals surface area contributed by atoms with Crippen LogP contribution in [0.25, 0.3) is 22.3 Å². The van der Waals surface area contributed by atoms with Crippen LogP contribution < -0.4 is 0 Å². The molecular formula is C53H58F2O7. The highest BCUT2D eigenvalue weighted by Gasteiger charge is 2.56. The first-order valence-corrected chi connectivity index (χ1v) is 21.9. The summed E-state index contributed by atoms with van der Waals surface area (Å²) in [6, 6.07) is 33.5. The normalized spacial score (nSPS) is 21.8. The minimum Gasteiger partial charge on any atom is -0.508 e. The predicted octanol–water partition coefficient (Wildman–Crippen LogP) is 12.7. The van der Waals surface area contributed by atoms with Gasteiger partial charge in [0, 0.05) is 23.0 Å². The van der Waals surface area contributed by atoms with E-state index in [0.717, 1.165) is 43.2 Å². The van der Waals surface area contributed by atoms with E-state index in [2.05, 4.69) is 19.9 Å². The molecule has 0 saturated heterocycles. The van der Waals surface area contributed by atoms with E-state index in [9.17, 15) is 28.3 Å². The fraction of sp³-hybridized carbons (Fsp3) is 0.377. The van der Waals surface area contributed by atoms with Gasteiger partial charge in [-0.25, -0.2) is 8.78 Å². The topological polar surface area (TPSA) is 121 Å². The Kier molecular flexibility index (Phi) is 15.0. The van der Waals surface area contributed by atoms with Gasteiger partial charge < -0.3 is 20.1 Å². The summed E-state index contributed by atoms with van der Waals surface area (Å²) in [5.74, 6) is -1.74. The van der Waals surface area contributed by atoms with Gasteiger partial charge in [0.1, 0.15) is 23.5 Å². The second-order valence-corrected chi connectivity index (χ2v) is 17.3. The van der Waals surface area contributed by atoms with Gasteiger partial charge in [-0.1, -0.05) is 111 Å². The molecule has 0 amide bonds. The number of benzene rings is 5. The molecule has 3 aliphatic rings. The number of aryl methyl sites for hydroxylation is 1. The molecule has 326 valence electrons. The highest BCUT2D eigenvalue weighted by molar-refractivity contribution is 5.77. The van der Waals surface area contributed by atoms with Gasteiger partial charge in [0.05, 0.1) is 11.8 Å². The molecule has 0 aromatic heterocycles. The maximum absolute atomic E-state index is 14.0. The molecule has 62 heavy (non-hydrogen) atoms. The second-order valence-electron chi connectivity index (χ2n) is 17.3. The van der Waals surface area contributed by atoms with Crippen molar-refractivity contribution < 1.29 is 43.2 Å². The molecular weight excluding hydrogens is 787 g/mol. The Balaban J connectivity index is 0.000000160. The number of carbonyl (C=O) groups excluding carboxylic acids is 1. The summed E-state index contributed by atoms with van der Waals surface area (Å²) in [5.41, 5.74) is 6.43. The minimum atomic E-state index is -0.957. The van der Waals surface area contributed by atoms with Crippen LogP contribution in [-0.2, 0) is 25.5 Å². The lowest BCUT2D eigenvalue weighted by molar-refractivity contribution is -0.157. The van der Waals surface area contributed by atoms with Gasteiger partial charge in [0.2, 0.25) is 0 Å². The number of halogens is 2. The smallest absolute Gasteiger partial charge is 0.310 e. The van der Waals surface area contributed by atoms with Crippen molar-refractivity contribution in [3.63, 3.8) is 0 Å². The van der Waals surface area contributed by atoms with Gasteiger partial charge in [0.25, 0.3) is 0 Å². The molecule has 2 unspecified atom stereocenters. The van der Waals surface area contributed by atoms with Crippen molar-refractivity contribution >= 4 is 17.9 Å². The predicted molar refractivity (Wildman–Crippen MR) is 238 cm³/mol. The standard InChI is InChI=1S/C23H32O3.2C15H13FO2/c1-3-4-5-22(25)26-21-11-10-20-19-8-6-15-14-16(24)7-9-17(15)18(19)12-13-23(20,21)2;2*1-10(15(17)18)12-7-8-13(14(16)9-12)11-5-3-2-4-6-11/h7,9,14,18-21,24H,3-6,8,10-13H2,1-2H3;2*2-10H,1H3,(H,17,18)/t18-,19-,20+,21+,23+;;/m1../s1. The Bertz CT molecular complexity index is 2220. The summed E-state index contributed by atoms with van der Waals surface area (Å²) in [7, 11) is 0. The molecule has 9 heteroatoms. The summed E-state index contributed by atoms with van der Waals surface area (Å²) in [6.45, 7) is 7.58. The van der Waals surface area contributed by atoms with Crippen molar-refractivity contribution in [2.75, 3.05) is 0 Å². The number of aromatic hydroxyl groups is 1. The van der Waals surface area contributed by atoms with Gasteiger partial charge in [-0.15, -0.1) is 0 Å². The van der Waals surface area contributed by atoms with Gasteiger partial charge in [-0.3, -0.25) is 14.4 Å². The summed E-state index contributed by atoms with van der Waals surface area (Å²) in [5, 5.41) is 27.6.